The second-order valence-electron chi connectivity index (χ2n) is 4.48. The highest BCUT2D eigenvalue weighted by Crippen LogP contribution is 2.31. The molecule has 0 amide bonds. The second kappa shape index (κ2) is 5.21. The summed E-state index contributed by atoms with van der Waals surface area (Å²) in [6, 6.07) is 5.94. The number of benzene rings is 1. The van der Waals surface area contributed by atoms with Gasteiger partial charge in [-0.2, -0.15) is 0 Å². The van der Waals surface area contributed by atoms with Crippen LogP contribution in [0.3, 0.4) is 0 Å². The molecule has 1 aliphatic rings. The Balaban J connectivity index is 2.17. The Kier molecular flexibility index (Phi) is 3.67. The Morgan fingerprint density at radius 3 is 3.00 bits per heavy atom. The molecule has 0 heterocycles. The van der Waals surface area contributed by atoms with E-state index < -0.39 is 12.1 Å². The monoisotopic (exact) mass is 234 g/mol. The van der Waals surface area contributed by atoms with Crippen molar-refractivity contribution >= 4 is 5.97 Å². The maximum absolute atomic E-state index is 11.1. The van der Waals surface area contributed by atoms with Crippen LogP contribution in [-0.2, 0) is 17.6 Å². The zero-order valence-electron chi connectivity index (χ0n) is 10.1. The van der Waals surface area contributed by atoms with Gasteiger partial charge in [0.15, 0.2) is 6.10 Å². The maximum atomic E-state index is 11.1. The Morgan fingerprint density at radius 2 is 2.29 bits per heavy atom. The molecule has 0 aromatic heterocycles. The molecule has 0 radical (unpaired) electrons. The fourth-order valence-electron chi connectivity index (χ4n) is 2.34. The normalized spacial score (nSPS) is 15.4. The lowest BCUT2D eigenvalue weighted by molar-refractivity contribution is -0.145. The van der Waals surface area contributed by atoms with Crippen molar-refractivity contribution in [2.75, 3.05) is 0 Å². The predicted octanol–water partition coefficient (Wildman–Crippen LogP) is 2.81. The van der Waals surface area contributed by atoms with Crippen molar-refractivity contribution in [1.82, 2.24) is 0 Å². The van der Waals surface area contributed by atoms with Crippen LogP contribution in [0.4, 0.5) is 0 Å². The molecule has 3 nitrogen and oxygen atoms in total. The van der Waals surface area contributed by atoms with E-state index in [-0.39, 0.29) is 0 Å². The highest BCUT2D eigenvalue weighted by molar-refractivity contribution is 5.72. The summed E-state index contributed by atoms with van der Waals surface area (Å²) in [5.41, 5.74) is 2.51. The van der Waals surface area contributed by atoms with Crippen molar-refractivity contribution in [2.24, 2.45) is 0 Å². The van der Waals surface area contributed by atoms with Crippen LogP contribution in [0.15, 0.2) is 18.2 Å². The van der Waals surface area contributed by atoms with E-state index in [9.17, 15) is 4.79 Å². The molecule has 1 unspecified atom stereocenters. The second-order valence-corrected chi connectivity index (χ2v) is 4.48. The van der Waals surface area contributed by atoms with Gasteiger partial charge < -0.3 is 9.84 Å². The van der Waals surface area contributed by atoms with Crippen LogP contribution in [0.1, 0.15) is 37.3 Å². The van der Waals surface area contributed by atoms with Gasteiger partial charge in [0.25, 0.3) is 0 Å². The van der Waals surface area contributed by atoms with E-state index in [0.29, 0.717) is 6.42 Å². The first-order chi connectivity index (χ1) is 8.22. The minimum absolute atomic E-state index is 0.555. The van der Waals surface area contributed by atoms with Crippen LogP contribution in [-0.4, -0.2) is 17.2 Å². The molecule has 0 saturated heterocycles. The van der Waals surface area contributed by atoms with Crippen molar-refractivity contribution < 1.29 is 14.6 Å². The smallest absolute Gasteiger partial charge is 0.344 e. The van der Waals surface area contributed by atoms with Crippen LogP contribution in [0.2, 0.25) is 0 Å². The molecule has 1 N–H and O–H groups in total. The van der Waals surface area contributed by atoms with Crippen LogP contribution in [0.5, 0.6) is 5.75 Å². The Labute approximate surface area is 101 Å². The van der Waals surface area contributed by atoms with E-state index in [1.54, 1.807) is 0 Å². The van der Waals surface area contributed by atoms with Crippen LogP contribution in [0.25, 0.3) is 0 Å². The van der Waals surface area contributed by atoms with Gasteiger partial charge in [-0.3, -0.25) is 0 Å². The molecule has 1 aromatic rings. The number of carboxylic acids is 1. The number of ether oxygens (including phenoxy) is 1. The average Bonchev–Trinajstić information content (AvgIpc) is 2.77. The summed E-state index contributed by atoms with van der Waals surface area (Å²) in [6.07, 6.45) is 3.88. The first-order valence-corrected chi connectivity index (χ1v) is 6.22. The Bertz CT molecular complexity index is 412. The molecule has 1 atom stereocenters. The van der Waals surface area contributed by atoms with E-state index in [2.05, 4.69) is 6.07 Å². The maximum Gasteiger partial charge on any atom is 0.344 e. The number of aryl methyl sites for hydroxylation is 1. The number of hydrogen-bond acceptors (Lipinski definition) is 2. The molecular weight excluding hydrogens is 216 g/mol. The summed E-state index contributed by atoms with van der Waals surface area (Å²) in [4.78, 5) is 11.1. The SMILES string of the molecule is CCCC(Oc1cccc2c1CCC2)C(=O)O. The van der Waals surface area contributed by atoms with Gasteiger partial charge in [-0.05, 0) is 42.9 Å². The first kappa shape index (κ1) is 12.0. The van der Waals surface area contributed by atoms with E-state index >= 15 is 0 Å². The summed E-state index contributed by atoms with van der Waals surface area (Å²) in [6.45, 7) is 1.97. The lowest BCUT2D eigenvalue weighted by Gasteiger charge is -2.16. The molecule has 1 aliphatic carbocycles. The lowest BCUT2D eigenvalue weighted by atomic mass is 10.1. The van der Waals surface area contributed by atoms with Crippen LogP contribution < -0.4 is 4.74 Å². The number of hydrogen-bond donors (Lipinski definition) is 1. The predicted molar refractivity (Wildman–Crippen MR) is 65.4 cm³/mol. The Hall–Kier alpha value is -1.51. The van der Waals surface area contributed by atoms with Crippen molar-refractivity contribution in [3.8, 4) is 5.75 Å². The summed E-state index contributed by atoms with van der Waals surface area (Å²) in [7, 11) is 0. The van der Waals surface area contributed by atoms with E-state index in [0.717, 1.165) is 31.4 Å². The molecule has 0 bridgehead atoms. The van der Waals surface area contributed by atoms with Gasteiger partial charge in [0.1, 0.15) is 5.75 Å². The minimum atomic E-state index is -0.873. The van der Waals surface area contributed by atoms with Gasteiger partial charge in [-0.25, -0.2) is 4.79 Å². The standard InChI is InChI=1S/C14H18O3/c1-2-5-13(14(15)16)17-12-9-4-7-10-6-3-8-11(10)12/h4,7,9,13H,2-3,5-6,8H2,1H3,(H,15,16). The summed E-state index contributed by atoms with van der Waals surface area (Å²) >= 11 is 0. The average molecular weight is 234 g/mol. The first-order valence-electron chi connectivity index (χ1n) is 6.22. The number of rotatable bonds is 5. The molecule has 0 fully saturated rings. The largest absolute Gasteiger partial charge is 0.479 e. The third-order valence-electron chi connectivity index (χ3n) is 3.20. The van der Waals surface area contributed by atoms with Gasteiger partial charge >= 0.3 is 5.97 Å². The zero-order chi connectivity index (χ0) is 12.3. The Morgan fingerprint density at radius 1 is 1.47 bits per heavy atom. The molecular formula is C14H18O3. The number of carbonyl (C=O) groups is 1. The summed E-state index contributed by atoms with van der Waals surface area (Å²) in [5, 5.41) is 9.09. The van der Waals surface area contributed by atoms with Gasteiger partial charge in [0.2, 0.25) is 0 Å². The zero-order valence-corrected chi connectivity index (χ0v) is 10.1. The van der Waals surface area contributed by atoms with E-state index in [1.807, 2.05) is 19.1 Å². The topological polar surface area (TPSA) is 46.5 Å². The van der Waals surface area contributed by atoms with Crippen molar-refractivity contribution in [3.63, 3.8) is 0 Å². The number of fused-ring (bicyclic) bond motifs is 1. The fraction of sp³-hybridized carbons (Fsp3) is 0.500. The molecule has 0 aliphatic heterocycles. The third-order valence-corrected chi connectivity index (χ3v) is 3.20. The van der Waals surface area contributed by atoms with Crippen LogP contribution >= 0.6 is 0 Å². The molecule has 92 valence electrons. The minimum Gasteiger partial charge on any atom is -0.479 e. The highest BCUT2D eigenvalue weighted by atomic mass is 16.5. The highest BCUT2D eigenvalue weighted by Gasteiger charge is 2.22. The van der Waals surface area contributed by atoms with Gasteiger partial charge in [0.05, 0.1) is 0 Å². The van der Waals surface area contributed by atoms with Crippen molar-refractivity contribution in [1.29, 1.82) is 0 Å². The van der Waals surface area contributed by atoms with Gasteiger partial charge in [-0.15, -0.1) is 0 Å². The summed E-state index contributed by atoms with van der Waals surface area (Å²) in [5.74, 6) is -0.108. The lowest BCUT2D eigenvalue weighted by Crippen LogP contribution is -2.27. The number of aliphatic carboxylic acids is 1. The third kappa shape index (κ3) is 2.60. The van der Waals surface area contributed by atoms with E-state index in [4.69, 9.17) is 9.84 Å². The molecule has 1 aromatic carbocycles. The molecule has 17 heavy (non-hydrogen) atoms. The molecule has 3 heteroatoms. The van der Waals surface area contributed by atoms with Crippen molar-refractivity contribution in [3.05, 3.63) is 29.3 Å². The quantitative estimate of drug-likeness (QED) is 0.852. The molecule has 0 spiro atoms. The summed E-state index contributed by atoms with van der Waals surface area (Å²) < 4.78 is 5.66. The van der Waals surface area contributed by atoms with E-state index in [1.165, 1.54) is 11.1 Å². The van der Waals surface area contributed by atoms with Gasteiger partial charge in [0, 0.05) is 0 Å². The molecule has 2 rings (SSSR count). The van der Waals surface area contributed by atoms with Gasteiger partial charge in [-0.1, -0.05) is 25.5 Å². The van der Waals surface area contributed by atoms with Crippen LogP contribution in [0, 0.1) is 0 Å². The fourth-order valence-corrected chi connectivity index (χ4v) is 2.34. The van der Waals surface area contributed by atoms with Crippen molar-refractivity contribution in [2.45, 2.75) is 45.1 Å². The molecule has 0 saturated carbocycles. The number of carboxylic acid groups (broad SMARTS) is 1.